The Hall–Kier alpha value is -3.81. The van der Waals surface area contributed by atoms with E-state index in [0.29, 0.717) is 29.0 Å². The van der Waals surface area contributed by atoms with Crippen molar-refractivity contribution in [2.75, 3.05) is 0 Å². The first-order valence-corrected chi connectivity index (χ1v) is 10.1. The number of ether oxygens (including phenoxy) is 2. The Morgan fingerprint density at radius 3 is 2.60 bits per heavy atom. The molecule has 0 aliphatic rings. The van der Waals surface area contributed by atoms with Crippen LogP contribution in [-0.2, 0) is 11.4 Å². The van der Waals surface area contributed by atoms with Crippen LogP contribution in [0, 0.1) is 22.7 Å². The average Bonchev–Trinajstić information content (AvgIpc) is 3.29. The van der Waals surface area contributed by atoms with Crippen LogP contribution in [0.3, 0.4) is 0 Å². The molecule has 3 rings (SSSR count). The third-order valence-corrected chi connectivity index (χ3v) is 5.11. The highest BCUT2D eigenvalue weighted by molar-refractivity contribution is 7.07. The van der Waals surface area contributed by atoms with Crippen molar-refractivity contribution < 1.29 is 19.4 Å². The Bertz CT molecular complexity index is 1100. The molecule has 1 unspecified atom stereocenters. The van der Waals surface area contributed by atoms with E-state index in [1.807, 2.05) is 16.8 Å². The largest absolute Gasteiger partial charge is 0.489 e. The summed E-state index contributed by atoms with van der Waals surface area (Å²) >= 11 is 1.58. The Labute approximate surface area is 178 Å². The second-order valence-corrected chi connectivity index (χ2v) is 7.21. The van der Waals surface area contributed by atoms with E-state index in [4.69, 9.17) is 14.6 Å². The normalized spacial score (nSPS) is 11.1. The zero-order valence-electron chi connectivity index (χ0n) is 15.9. The molecule has 0 bridgehead atoms. The summed E-state index contributed by atoms with van der Waals surface area (Å²) in [7, 11) is 0. The van der Waals surface area contributed by atoms with Gasteiger partial charge >= 0.3 is 5.97 Å². The van der Waals surface area contributed by atoms with Gasteiger partial charge in [-0.15, -0.1) is 0 Å². The molecule has 6 nitrogen and oxygen atoms in total. The molecule has 0 spiro atoms. The van der Waals surface area contributed by atoms with Crippen LogP contribution in [-0.4, -0.2) is 11.1 Å². The van der Waals surface area contributed by atoms with Crippen LogP contribution in [0.5, 0.6) is 11.5 Å². The minimum Gasteiger partial charge on any atom is -0.489 e. The van der Waals surface area contributed by atoms with E-state index in [1.54, 1.807) is 53.8 Å². The summed E-state index contributed by atoms with van der Waals surface area (Å²) in [5.74, 6) is -0.157. The van der Waals surface area contributed by atoms with Crippen molar-refractivity contribution in [3.05, 3.63) is 81.5 Å². The third-order valence-electron chi connectivity index (χ3n) is 4.38. The summed E-state index contributed by atoms with van der Waals surface area (Å²) in [5.41, 5.74) is 2.31. The summed E-state index contributed by atoms with van der Waals surface area (Å²) in [6.07, 6.45) is -0.685. The van der Waals surface area contributed by atoms with Gasteiger partial charge in [0.2, 0.25) is 0 Å². The number of carbonyl (C=O) groups is 1. The predicted octanol–water partition coefficient (Wildman–Crippen LogP) is 5.06. The third kappa shape index (κ3) is 5.38. The van der Waals surface area contributed by atoms with Crippen molar-refractivity contribution in [1.82, 2.24) is 0 Å². The second kappa shape index (κ2) is 10.1. The number of nitrogens with zero attached hydrogens (tertiary/aromatic N) is 2. The minimum atomic E-state index is -0.966. The lowest BCUT2D eigenvalue weighted by atomic mass is 9.99. The molecular weight excluding hydrogens is 400 g/mol. The van der Waals surface area contributed by atoms with Crippen LogP contribution >= 0.6 is 11.3 Å². The first-order valence-electron chi connectivity index (χ1n) is 9.16. The summed E-state index contributed by atoms with van der Waals surface area (Å²) in [5, 5.41) is 32.0. The molecule has 0 aliphatic heterocycles. The first-order chi connectivity index (χ1) is 14.6. The molecule has 0 aliphatic carbocycles. The molecule has 0 radical (unpaired) electrons. The highest BCUT2D eigenvalue weighted by Crippen LogP contribution is 2.33. The quantitative estimate of drug-likeness (QED) is 0.521. The Morgan fingerprint density at radius 2 is 1.90 bits per heavy atom. The zero-order chi connectivity index (χ0) is 21.3. The Morgan fingerprint density at radius 1 is 1.10 bits per heavy atom. The van der Waals surface area contributed by atoms with Crippen molar-refractivity contribution in [3.8, 4) is 23.6 Å². The van der Waals surface area contributed by atoms with Crippen molar-refractivity contribution in [2.24, 2.45) is 0 Å². The molecule has 30 heavy (non-hydrogen) atoms. The Kier molecular flexibility index (Phi) is 7.05. The topological polar surface area (TPSA) is 103 Å². The molecule has 0 saturated heterocycles. The van der Waals surface area contributed by atoms with Gasteiger partial charge in [-0.3, -0.25) is 4.79 Å². The van der Waals surface area contributed by atoms with Crippen molar-refractivity contribution in [2.45, 2.75) is 25.6 Å². The van der Waals surface area contributed by atoms with Crippen LogP contribution in [0.1, 0.15) is 41.2 Å². The lowest BCUT2D eigenvalue weighted by molar-refractivity contribution is -0.137. The number of thiophene rings is 1. The average molecular weight is 418 g/mol. The van der Waals surface area contributed by atoms with E-state index in [9.17, 15) is 15.3 Å². The van der Waals surface area contributed by atoms with Crippen LogP contribution < -0.4 is 9.47 Å². The van der Waals surface area contributed by atoms with Gasteiger partial charge in [0.1, 0.15) is 30.3 Å². The van der Waals surface area contributed by atoms with E-state index in [-0.39, 0.29) is 18.6 Å². The van der Waals surface area contributed by atoms with Crippen molar-refractivity contribution in [3.63, 3.8) is 0 Å². The molecule has 0 amide bonds. The van der Waals surface area contributed by atoms with E-state index in [0.717, 1.165) is 5.56 Å². The fraction of sp³-hybridized carbons (Fsp3) is 0.174. The molecule has 150 valence electrons. The number of rotatable bonds is 9. The molecule has 1 atom stereocenters. The monoisotopic (exact) mass is 418 g/mol. The summed E-state index contributed by atoms with van der Waals surface area (Å²) in [6, 6.07) is 17.9. The van der Waals surface area contributed by atoms with E-state index in [2.05, 4.69) is 12.1 Å². The molecule has 1 heterocycles. The van der Waals surface area contributed by atoms with E-state index >= 15 is 0 Å². The molecule has 7 heteroatoms. The second-order valence-electron chi connectivity index (χ2n) is 6.43. The summed E-state index contributed by atoms with van der Waals surface area (Å²) < 4.78 is 11.9. The van der Waals surface area contributed by atoms with Gasteiger partial charge in [0, 0.05) is 18.1 Å². The fourth-order valence-corrected chi connectivity index (χ4v) is 3.54. The number of hydrogen-bond donors (Lipinski definition) is 1. The highest BCUT2D eigenvalue weighted by Gasteiger charge is 2.20. The van der Waals surface area contributed by atoms with E-state index in [1.165, 1.54) is 0 Å². The molecular formula is C23H18N2O4S. The summed E-state index contributed by atoms with van der Waals surface area (Å²) in [4.78, 5) is 11.1. The molecule has 1 N–H and O–H groups in total. The smallest absolute Gasteiger partial charge is 0.303 e. The lowest BCUT2D eigenvalue weighted by Crippen LogP contribution is -2.12. The molecule has 3 aromatic rings. The van der Waals surface area contributed by atoms with Gasteiger partial charge in [0.25, 0.3) is 0 Å². The number of nitriles is 2. The van der Waals surface area contributed by atoms with Gasteiger partial charge in [0.05, 0.1) is 17.2 Å². The maximum atomic E-state index is 11.1. The maximum absolute atomic E-state index is 11.1. The van der Waals surface area contributed by atoms with Crippen LogP contribution in [0.2, 0.25) is 0 Å². The number of aliphatic carboxylic acids is 1. The van der Waals surface area contributed by atoms with Crippen LogP contribution in [0.4, 0.5) is 0 Å². The highest BCUT2D eigenvalue weighted by atomic mass is 32.1. The van der Waals surface area contributed by atoms with Crippen molar-refractivity contribution >= 4 is 17.3 Å². The number of carboxylic acid groups (broad SMARTS) is 1. The van der Waals surface area contributed by atoms with Crippen LogP contribution in [0.25, 0.3) is 0 Å². The molecule has 1 aromatic heterocycles. The SMILES string of the molecule is N#Cc1ccc(OCc2ccsc2)cc1OC(CCC(=O)O)c1ccccc1C#N. The molecule has 2 aromatic carbocycles. The number of hydrogen-bond acceptors (Lipinski definition) is 6. The predicted molar refractivity (Wildman–Crippen MR) is 111 cm³/mol. The molecule has 0 fully saturated rings. The zero-order valence-corrected chi connectivity index (χ0v) is 16.8. The van der Waals surface area contributed by atoms with Gasteiger partial charge in [-0.2, -0.15) is 21.9 Å². The number of carboxylic acids is 1. The van der Waals surface area contributed by atoms with Gasteiger partial charge in [-0.1, -0.05) is 18.2 Å². The van der Waals surface area contributed by atoms with Crippen LogP contribution in [0.15, 0.2) is 59.3 Å². The van der Waals surface area contributed by atoms with Gasteiger partial charge < -0.3 is 14.6 Å². The summed E-state index contributed by atoms with van der Waals surface area (Å²) in [6.45, 7) is 0.383. The van der Waals surface area contributed by atoms with Gasteiger partial charge in [-0.05, 0) is 47.0 Å². The number of benzene rings is 2. The van der Waals surface area contributed by atoms with Crippen molar-refractivity contribution in [1.29, 1.82) is 10.5 Å². The van der Waals surface area contributed by atoms with Gasteiger partial charge in [-0.25, -0.2) is 0 Å². The van der Waals surface area contributed by atoms with Gasteiger partial charge in [0.15, 0.2) is 0 Å². The minimum absolute atomic E-state index is 0.138. The fourth-order valence-electron chi connectivity index (χ4n) is 2.89. The standard InChI is InChI=1S/C23H18N2O4S/c24-12-17-3-1-2-4-20(17)21(7-8-23(26)27)29-22-11-19(6-5-18(22)13-25)28-14-16-9-10-30-15-16/h1-6,9-11,15,21H,7-8,14H2,(H,26,27). The first kappa shape index (κ1) is 20.9. The maximum Gasteiger partial charge on any atom is 0.303 e. The molecule has 0 saturated carbocycles. The van der Waals surface area contributed by atoms with E-state index < -0.39 is 12.1 Å². The lowest BCUT2D eigenvalue weighted by Gasteiger charge is -2.21. The Balaban J connectivity index is 1.88.